The van der Waals surface area contributed by atoms with Gasteiger partial charge in [0.15, 0.2) is 5.82 Å². The van der Waals surface area contributed by atoms with Crippen LogP contribution in [0.25, 0.3) is 0 Å². The van der Waals surface area contributed by atoms with Crippen LogP contribution in [0.1, 0.15) is 44.3 Å². The number of rotatable bonds is 3. The minimum Gasteiger partial charge on any atom is -0.338 e. The first-order valence-corrected chi connectivity index (χ1v) is 7.14. The number of hydrogen-bond donors (Lipinski definition) is 1. The normalized spacial score (nSPS) is 30.6. The maximum Gasteiger partial charge on any atom is 0.236 e. The summed E-state index contributed by atoms with van der Waals surface area (Å²) in [5, 5.41) is 4.03. The molecule has 4 nitrogen and oxygen atoms in total. The van der Waals surface area contributed by atoms with Crippen LogP contribution in [0.2, 0.25) is 0 Å². The first-order valence-electron chi connectivity index (χ1n) is 5.75. The summed E-state index contributed by atoms with van der Waals surface area (Å²) < 4.78 is 5.19. The second-order valence-corrected chi connectivity index (χ2v) is 5.65. The van der Waals surface area contributed by atoms with Crippen molar-refractivity contribution in [1.82, 2.24) is 10.1 Å². The van der Waals surface area contributed by atoms with Gasteiger partial charge < -0.3 is 10.3 Å². The van der Waals surface area contributed by atoms with Crippen LogP contribution in [-0.2, 0) is 11.3 Å². The number of thioether (sulfide) groups is 1. The van der Waals surface area contributed by atoms with Gasteiger partial charge in [-0.2, -0.15) is 16.7 Å². The SMILES string of the molecule is CSCc1nc(C2(N)CCC(C)CC2)no1. The minimum atomic E-state index is -0.354. The van der Waals surface area contributed by atoms with Crippen LogP contribution in [0.4, 0.5) is 0 Å². The molecule has 0 aromatic carbocycles. The van der Waals surface area contributed by atoms with Crippen LogP contribution >= 0.6 is 11.8 Å². The van der Waals surface area contributed by atoms with Gasteiger partial charge in [-0.25, -0.2) is 0 Å². The van der Waals surface area contributed by atoms with E-state index in [0.717, 1.165) is 37.4 Å². The summed E-state index contributed by atoms with van der Waals surface area (Å²) in [6.45, 7) is 2.27. The van der Waals surface area contributed by atoms with Crippen molar-refractivity contribution >= 4 is 11.8 Å². The quantitative estimate of drug-likeness (QED) is 0.879. The van der Waals surface area contributed by atoms with Crippen molar-refractivity contribution in [3.8, 4) is 0 Å². The molecular formula is C11H19N3OS. The monoisotopic (exact) mass is 241 g/mol. The Morgan fingerprint density at radius 1 is 1.50 bits per heavy atom. The van der Waals surface area contributed by atoms with Crippen LogP contribution in [-0.4, -0.2) is 16.4 Å². The molecule has 0 aliphatic heterocycles. The number of nitrogens with zero attached hydrogens (tertiary/aromatic N) is 2. The lowest BCUT2D eigenvalue weighted by molar-refractivity contribution is 0.230. The zero-order chi connectivity index (χ0) is 11.6. The molecule has 0 amide bonds. The largest absolute Gasteiger partial charge is 0.338 e. The summed E-state index contributed by atoms with van der Waals surface area (Å²) in [4.78, 5) is 4.40. The Morgan fingerprint density at radius 3 is 2.81 bits per heavy atom. The highest BCUT2D eigenvalue weighted by Crippen LogP contribution is 2.35. The molecule has 16 heavy (non-hydrogen) atoms. The third kappa shape index (κ3) is 2.40. The Hall–Kier alpha value is -0.550. The van der Waals surface area contributed by atoms with E-state index in [0.29, 0.717) is 11.7 Å². The number of hydrogen-bond acceptors (Lipinski definition) is 5. The van der Waals surface area contributed by atoms with Gasteiger partial charge in [0.1, 0.15) is 0 Å². The molecule has 0 saturated heterocycles. The van der Waals surface area contributed by atoms with Crippen molar-refractivity contribution in [3.05, 3.63) is 11.7 Å². The maximum atomic E-state index is 6.36. The van der Waals surface area contributed by atoms with E-state index in [9.17, 15) is 0 Å². The lowest BCUT2D eigenvalue weighted by Gasteiger charge is -2.33. The van der Waals surface area contributed by atoms with Gasteiger partial charge in [0.2, 0.25) is 5.89 Å². The second kappa shape index (κ2) is 4.75. The van der Waals surface area contributed by atoms with Gasteiger partial charge in [0.05, 0.1) is 11.3 Å². The fraction of sp³-hybridized carbons (Fsp3) is 0.818. The molecule has 1 saturated carbocycles. The van der Waals surface area contributed by atoms with E-state index in [-0.39, 0.29) is 5.54 Å². The lowest BCUT2D eigenvalue weighted by Crippen LogP contribution is -2.41. The van der Waals surface area contributed by atoms with Crippen LogP contribution in [0.3, 0.4) is 0 Å². The highest BCUT2D eigenvalue weighted by Gasteiger charge is 2.36. The third-order valence-electron chi connectivity index (χ3n) is 3.35. The van der Waals surface area contributed by atoms with Crippen LogP contribution in [0, 0.1) is 5.92 Å². The predicted octanol–water partition coefficient (Wildman–Crippen LogP) is 2.30. The Balaban J connectivity index is 2.09. The predicted molar refractivity (Wildman–Crippen MR) is 65.0 cm³/mol. The maximum absolute atomic E-state index is 6.36. The average molecular weight is 241 g/mol. The summed E-state index contributed by atoms with van der Waals surface area (Å²) in [5.41, 5.74) is 6.01. The minimum absolute atomic E-state index is 0.354. The molecule has 2 rings (SSSR count). The van der Waals surface area contributed by atoms with Crippen molar-refractivity contribution in [2.45, 2.75) is 43.9 Å². The first kappa shape index (κ1) is 11.9. The van der Waals surface area contributed by atoms with Gasteiger partial charge in [0, 0.05) is 0 Å². The molecule has 90 valence electrons. The fourth-order valence-electron chi connectivity index (χ4n) is 2.14. The molecule has 0 radical (unpaired) electrons. The van der Waals surface area contributed by atoms with Crippen molar-refractivity contribution in [1.29, 1.82) is 0 Å². The number of aromatic nitrogens is 2. The Labute approximate surface area is 100 Å². The fourth-order valence-corrected chi connectivity index (χ4v) is 2.50. The molecule has 0 bridgehead atoms. The topological polar surface area (TPSA) is 64.9 Å². The highest BCUT2D eigenvalue weighted by atomic mass is 32.2. The zero-order valence-corrected chi connectivity index (χ0v) is 10.7. The first-order chi connectivity index (χ1) is 7.64. The Morgan fingerprint density at radius 2 is 2.19 bits per heavy atom. The molecule has 0 unspecified atom stereocenters. The van der Waals surface area contributed by atoms with Gasteiger partial charge in [0.25, 0.3) is 0 Å². The molecular weight excluding hydrogens is 222 g/mol. The molecule has 0 spiro atoms. The molecule has 1 aliphatic carbocycles. The lowest BCUT2D eigenvalue weighted by atomic mass is 9.77. The van der Waals surface area contributed by atoms with Crippen LogP contribution in [0.5, 0.6) is 0 Å². The van der Waals surface area contributed by atoms with Crippen LogP contribution < -0.4 is 5.73 Å². The Bertz CT molecular complexity index is 345. The van der Waals surface area contributed by atoms with Crippen LogP contribution in [0.15, 0.2) is 4.52 Å². The van der Waals surface area contributed by atoms with E-state index in [4.69, 9.17) is 10.3 Å². The molecule has 1 aromatic rings. The number of nitrogens with two attached hydrogens (primary N) is 1. The van der Waals surface area contributed by atoms with E-state index >= 15 is 0 Å². The zero-order valence-electron chi connectivity index (χ0n) is 9.90. The molecule has 1 aromatic heterocycles. The molecule has 2 N–H and O–H groups in total. The molecule has 0 atom stereocenters. The smallest absolute Gasteiger partial charge is 0.236 e. The van der Waals surface area contributed by atoms with Gasteiger partial charge in [-0.15, -0.1) is 0 Å². The van der Waals surface area contributed by atoms with Gasteiger partial charge in [-0.3, -0.25) is 0 Å². The van der Waals surface area contributed by atoms with Crippen molar-refractivity contribution < 1.29 is 4.52 Å². The molecule has 1 heterocycles. The summed E-state index contributed by atoms with van der Waals surface area (Å²) in [6.07, 6.45) is 6.26. The van der Waals surface area contributed by atoms with E-state index in [1.165, 1.54) is 0 Å². The van der Waals surface area contributed by atoms with Crippen molar-refractivity contribution in [2.75, 3.05) is 6.26 Å². The van der Waals surface area contributed by atoms with Gasteiger partial charge >= 0.3 is 0 Å². The summed E-state index contributed by atoms with van der Waals surface area (Å²) in [6, 6.07) is 0. The summed E-state index contributed by atoms with van der Waals surface area (Å²) >= 11 is 1.68. The van der Waals surface area contributed by atoms with E-state index < -0.39 is 0 Å². The third-order valence-corrected chi connectivity index (χ3v) is 3.88. The van der Waals surface area contributed by atoms with E-state index in [1.807, 2.05) is 6.26 Å². The van der Waals surface area contributed by atoms with Gasteiger partial charge in [-0.05, 0) is 37.9 Å². The van der Waals surface area contributed by atoms with E-state index in [1.54, 1.807) is 11.8 Å². The van der Waals surface area contributed by atoms with Gasteiger partial charge in [-0.1, -0.05) is 12.1 Å². The standard InChI is InChI=1S/C11H19N3OS/c1-8-3-5-11(12,6-4-8)10-13-9(7-16-2)15-14-10/h8H,3-7,12H2,1-2H3. The van der Waals surface area contributed by atoms with E-state index in [2.05, 4.69) is 17.1 Å². The average Bonchev–Trinajstić information content (AvgIpc) is 2.73. The summed E-state index contributed by atoms with van der Waals surface area (Å²) in [5.74, 6) is 2.92. The highest BCUT2D eigenvalue weighted by molar-refractivity contribution is 7.97. The second-order valence-electron chi connectivity index (χ2n) is 4.78. The van der Waals surface area contributed by atoms with Crippen molar-refractivity contribution in [2.24, 2.45) is 11.7 Å². The molecule has 5 heteroatoms. The summed E-state index contributed by atoms with van der Waals surface area (Å²) in [7, 11) is 0. The Kier molecular flexibility index (Phi) is 3.54. The van der Waals surface area contributed by atoms with Crippen molar-refractivity contribution in [3.63, 3.8) is 0 Å². The molecule has 1 aliphatic rings. The molecule has 1 fully saturated rings.